The number of nitrogens with one attached hydrogen (secondary N) is 1. The van der Waals surface area contributed by atoms with Crippen LogP contribution in [0.3, 0.4) is 0 Å². The monoisotopic (exact) mass is 394 g/mol. The van der Waals surface area contributed by atoms with E-state index in [-0.39, 0.29) is 24.0 Å². The second-order valence-electron chi connectivity index (χ2n) is 7.55. The van der Waals surface area contributed by atoms with E-state index in [0.29, 0.717) is 13.0 Å². The van der Waals surface area contributed by atoms with Gasteiger partial charge in [-0.25, -0.2) is 4.68 Å². The summed E-state index contributed by atoms with van der Waals surface area (Å²) in [6.07, 6.45) is 2.00. The minimum atomic E-state index is -0.306. The summed E-state index contributed by atoms with van der Waals surface area (Å²) in [7, 11) is 1.87. The number of hydrogen-bond donors (Lipinski definition) is 1. The summed E-state index contributed by atoms with van der Waals surface area (Å²) in [5.41, 5.74) is 3.88. The quantitative estimate of drug-likeness (QED) is 0.719. The second kappa shape index (κ2) is 7.79. The third-order valence-corrected chi connectivity index (χ3v) is 5.55. The smallest absolute Gasteiger partial charge is 0.226 e. The van der Waals surface area contributed by atoms with Crippen molar-refractivity contribution >= 4 is 5.91 Å². The van der Waals surface area contributed by atoms with Crippen LogP contribution in [0.25, 0.3) is 5.69 Å². The van der Waals surface area contributed by atoms with Crippen LogP contribution >= 0.6 is 0 Å². The maximum absolute atomic E-state index is 13.1. The zero-order valence-corrected chi connectivity index (χ0v) is 17.2. The SMILES string of the molecule is Cc1nn(-c2ccccc2)c(C)c1[C@H]1OCC[C@@H]1C(=O)N[C@@H](C)c1nncn1C. The molecule has 0 bridgehead atoms. The normalized spacial score (nSPS) is 20.0. The molecule has 29 heavy (non-hydrogen) atoms. The molecule has 1 saturated heterocycles. The zero-order chi connectivity index (χ0) is 20.5. The van der Waals surface area contributed by atoms with Gasteiger partial charge in [0.25, 0.3) is 0 Å². The topological polar surface area (TPSA) is 86.9 Å². The highest BCUT2D eigenvalue weighted by Crippen LogP contribution is 2.38. The van der Waals surface area contributed by atoms with E-state index in [1.165, 1.54) is 0 Å². The molecule has 1 aromatic carbocycles. The van der Waals surface area contributed by atoms with E-state index in [1.807, 2.05) is 67.4 Å². The highest BCUT2D eigenvalue weighted by molar-refractivity contribution is 5.80. The molecule has 0 saturated carbocycles. The number of hydrogen-bond acceptors (Lipinski definition) is 5. The maximum atomic E-state index is 13.1. The molecule has 1 aliphatic rings. The van der Waals surface area contributed by atoms with E-state index in [0.717, 1.165) is 28.5 Å². The summed E-state index contributed by atoms with van der Waals surface area (Å²) in [5, 5.41) is 15.8. The molecule has 3 aromatic rings. The Morgan fingerprint density at radius 2 is 2.03 bits per heavy atom. The number of rotatable bonds is 5. The van der Waals surface area contributed by atoms with Crippen molar-refractivity contribution in [2.24, 2.45) is 13.0 Å². The molecular formula is C21H26N6O2. The Morgan fingerprint density at radius 3 is 2.72 bits per heavy atom. The molecule has 1 aliphatic heterocycles. The molecule has 3 heterocycles. The van der Waals surface area contributed by atoms with Crippen LogP contribution in [-0.4, -0.2) is 37.1 Å². The van der Waals surface area contributed by atoms with Crippen LogP contribution in [0.5, 0.6) is 0 Å². The van der Waals surface area contributed by atoms with Gasteiger partial charge in [-0.3, -0.25) is 4.79 Å². The van der Waals surface area contributed by atoms with Gasteiger partial charge < -0.3 is 14.6 Å². The van der Waals surface area contributed by atoms with E-state index in [2.05, 4.69) is 15.5 Å². The number of ether oxygens (including phenoxy) is 1. The molecule has 1 amide bonds. The molecule has 0 spiro atoms. The molecular weight excluding hydrogens is 368 g/mol. The lowest BCUT2D eigenvalue weighted by molar-refractivity contribution is -0.127. The highest BCUT2D eigenvalue weighted by atomic mass is 16.5. The van der Waals surface area contributed by atoms with E-state index in [9.17, 15) is 4.79 Å². The maximum Gasteiger partial charge on any atom is 0.226 e. The number of para-hydroxylation sites is 1. The van der Waals surface area contributed by atoms with Gasteiger partial charge >= 0.3 is 0 Å². The Kier molecular flexibility index (Phi) is 5.19. The number of nitrogens with zero attached hydrogens (tertiary/aromatic N) is 5. The second-order valence-corrected chi connectivity index (χ2v) is 7.55. The van der Waals surface area contributed by atoms with Gasteiger partial charge in [0.15, 0.2) is 5.82 Å². The minimum Gasteiger partial charge on any atom is -0.373 e. The van der Waals surface area contributed by atoms with Gasteiger partial charge in [-0.1, -0.05) is 18.2 Å². The minimum absolute atomic E-state index is 0.0331. The van der Waals surface area contributed by atoms with Gasteiger partial charge in [0, 0.05) is 24.9 Å². The number of amides is 1. The lowest BCUT2D eigenvalue weighted by Crippen LogP contribution is -2.35. The molecule has 4 rings (SSSR count). The summed E-state index contributed by atoms with van der Waals surface area (Å²) >= 11 is 0. The van der Waals surface area contributed by atoms with Crippen molar-refractivity contribution in [3.05, 3.63) is 59.4 Å². The van der Waals surface area contributed by atoms with Crippen molar-refractivity contribution in [1.29, 1.82) is 0 Å². The van der Waals surface area contributed by atoms with E-state index >= 15 is 0 Å². The van der Waals surface area contributed by atoms with Crippen LogP contribution in [0.2, 0.25) is 0 Å². The summed E-state index contributed by atoms with van der Waals surface area (Å²) in [4.78, 5) is 13.1. The summed E-state index contributed by atoms with van der Waals surface area (Å²) in [6.45, 7) is 6.47. The van der Waals surface area contributed by atoms with Crippen molar-refractivity contribution in [2.75, 3.05) is 6.61 Å². The first-order valence-electron chi connectivity index (χ1n) is 9.84. The Bertz CT molecular complexity index is 1010. The van der Waals surface area contributed by atoms with Crippen LogP contribution in [0, 0.1) is 19.8 Å². The number of benzene rings is 1. The van der Waals surface area contributed by atoms with Crippen molar-refractivity contribution in [1.82, 2.24) is 29.9 Å². The molecule has 0 aliphatic carbocycles. The van der Waals surface area contributed by atoms with Gasteiger partial charge in [-0.05, 0) is 39.3 Å². The average Bonchev–Trinajstić information content (AvgIpc) is 3.41. The van der Waals surface area contributed by atoms with Crippen molar-refractivity contribution in [3.63, 3.8) is 0 Å². The van der Waals surface area contributed by atoms with Crippen molar-refractivity contribution in [3.8, 4) is 5.69 Å². The van der Waals surface area contributed by atoms with Gasteiger partial charge in [0.1, 0.15) is 6.33 Å². The van der Waals surface area contributed by atoms with Gasteiger partial charge in [0.05, 0.1) is 29.4 Å². The number of carbonyl (C=O) groups is 1. The fourth-order valence-corrected chi connectivity index (χ4v) is 4.10. The molecule has 8 heteroatoms. The highest BCUT2D eigenvalue weighted by Gasteiger charge is 2.39. The Labute approximate surface area is 169 Å². The fraction of sp³-hybridized carbons (Fsp3) is 0.429. The van der Waals surface area contributed by atoms with Crippen molar-refractivity contribution in [2.45, 2.75) is 39.3 Å². The first kappa shape index (κ1) is 19.3. The predicted octanol–water partition coefficient (Wildman–Crippen LogP) is 2.57. The fourth-order valence-electron chi connectivity index (χ4n) is 4.10. The van der Waals surface area contributed by atoms with Crippen LogP contribution in [-0.2, 0) is 16.6 Å². The first-order chi connectivity index (χ1) is 14.0. The Hall–Kier alpha value is -3.00. The molecule has 0 radical (unpaired) electrons. The number of aromatic nitrogens is 5. The summed E-state index contributed by atoms with van der Waals surface area (Å²) in [5.74, 6) is 0.420. The molecule has 1 N–H and O–H groups in total. The molecule has 152 valence electrons. The molecule has 2 aromatic heterocycles. The third-order valence-electron chi connectivity index (χ3n) is 5.55. The van der Waals surface area contributed by atoms with Gasteiger partial charge in [0.2, 0.25) is 5.91 Å². The zero-order valence-electron chi connectivity index (χ0n) is 17.2. The van der Waals surface area contributed by atoms with Gasteiger partial charge in [-0.15, -0.1) is 10.2 Å². The van der Waals surface area contributed by atoms with Crippen LogP contribution in [0.4, 0.5) is 0 Å². The molecule has 0 unspecified atom stereocenters. The van der Waals surface area contributed by atoms with E-state index in [4.69, 9.17) is 9.84 Å². The molecule has 1 fully saturated rings. The largest absolute Gasteiger partial charge is 0.373 e. The predicted molar refractivity (Wildman–Crippen MR) is 107 cm³/mol. The third kappa shape index (κ3) is 3.55. The van der Waals surface area contributed by atoms with E-state index in [1.54, 1.807) is 6.33 Å². The lowest BCUT2D eigenvalue weighted by atomic mass is 9.93. The summed E-state index contributed by atoms with van der Waals surface area (Å²) in [6, 6.07) is 9.76. The Morgan fingerprint density at radius 1 is 1.28 bits per heavy atom. The standard InChI is InChI=1S/C21H26N6O2/c1-13-18(15(3)27(25-13)16-8-6-5-7-9-16)19-17(10-11-29-19)21(28)23-14(2)20-24-22-12-26(20)4/h5-9,12,14,17,19H,10-11H2,1-4H3,(H,23,28)/t14-,17-,19-/m0/s1. The number of aryl methyl sites for hydroxylation is 2. The van der Waals surface area contributed by atoms with Crippen LogP contribution in [0.1, 0.15) is 48.3 Å². The molecule has 8 nitrogen and oxygen atoms in total. The van der Waals surface area contributed by atoms with Gasteiger partial charge in [-0.2, -0.15) is 5.10 Å². The van der Waals surface area contributed by atoms with Crippen LogP contribution < -0.4 is 5.32 Å². The molecule has 3 atom stereocenters. The first-order valence-corrected chi connectivity index (χ1v) is 9.84. The Balaban J connectivity index is 1.58. The number of carbonyl (C=O) groups excluding carboxylic acids is 1. The summed E-state index contributed by atoms with van der Waals surface area (Å²) < 4.78 is 9.76. The van der Waals surface area contributed by atoms with E-state index < -0.39 is 0 Å². The van der Waals surface area contributed by atoms with Crippen molar-refractivity contribution < 1.29 is 9.53 Å². The lowest BCUT2D eigenvalue weighted by Gasteiger charge is -2.21. The van der Waals surface area contributed by atoms with Crippen LogP contribution in [0.15, 0.2) is 36.7 Å². The average molecular weight is 394 g/mol.